The molecule has 1 amide bonds. The van der Waals surface area contributed by atoms with Crippen molar-refractivity contribution in [2.75, 3.05) is 33.0 Å². The van der Waals surface area contributed by atoms with Crippen LogP contribution in [0.1, 0.15) is 22.3 Å². The Balaban J connectivity index is 2.71. The van der Waals surface area contributed by atoms with Crippen molar-refractivity contribution in [2.45, 2.75) is 13.3 Å². The third kappa shape index (κ3) is 3.75. The monoisotopic (exact) mass is 236 g/mol. The van der Waals surface area contributed by atoms with Gasteiger partial charge in [-0.15, -0.1) is 0 Å². The quantitative estimate of drug-likeness (QED) is 0.625. The van der Waals surface area contributed by atoms with Gasteiger partial charge in [0.15, 0.2) is 0 Å². The summed E-state index contributed by atoms with van der Waals surface area (Å²) in [5.74, 6) is 0.00547. The lowest BCUT2D eigenvalue weighted by molar-refractivity contribution is 0.0778. The van der Waals surface area contributed by atoms with Gasteiger partial charge in [0.05, 0.1) is 0 Å². The number of rotatable bonds is 5. The Morgan fingerprint density at radius 3 is 2.82 bits per heavy atom. The second kappa shape index (κ2) is 6.25. The summed E-state index contributed by atoms with van der Waals surface area (Å²) in [5.41, 5.74) is 7.93. The first-order valence-corrected chi connectivity index (χ1v) is 5.66. The van der Waals surface area contributed by atoms with Gasteiger partial charge in [-0.1, -0.05) is 6.07 Å². The normalized spacial score (nSPS) is 10.3. The first kappa shape index (κ1) is 13.5. The van der Waals surface area contributed by atoms with Crippen molar-refractivity contribution in [3.8, 4) is 0 Å². The molecule has 4 nitrogen and oxygen atoms in total. The van der Waals surface area contributed by atoms with Crippen LogP contribution in [0.15, 0.2) is 18.2 Å². The topological polar surface area (TPSA) is 55.6 Å². The van der Waals surface area contributed by atoms with Crippen molar-refractivity contribution >= 4 is 11.6 Å². The summed E-state index contributed by atoms with van der Waals surface area (Å²) < 4.78 is 4.96. The molecular formula is C13H20N2O2. The maximum atomic E-state index is 12.1. The van der Waals surface area contributed by atoms with Crippen LogP contribution in [0.2, 0.25) is 0 Å². The fourth-order valence-corrected chi connectivity index (χ4v) is 1.62. The van der Waals surface area contributed by atoms with Crippen LogP contribution < -0.4 is 5.73 Å². The molecule has 0 unspecified atom stereocenters. The fourth-order valence-electron chi connectivity index (χ4n) is 1.62. The number of hydrogen-bond acceptors (Lipinski definition) is 3. The Bertz CT molecular complexity index is 391. The summed E-state index contributed by atoms with van der Waals surface area (Å²) in [6, 6.07) is 5.40. The molecule has 0 aliphatic carbocycles. The number of anilines is 1. The van der Waals surface area contributed by atoms with E-state index in [0.29, 0.717) is 24.4 Å². The van der Waals surface area contributed by atoms with Crippen LogP contribution in [0.4, 0.5) is 5.69 Å². The van der Waals surface area contributed by atoms with Gasteiger partial charge in [-0.3, -0.25) is 4.79 Å². The van der Waals surface area contributed by atoms with E-state index in [1.54, 1.807) is 31.2 Å². The average molecular weight is 236 g/mol. The minimum absolute atomic E-state index is 0.00547. The van der Waals surface area contributed by atoms with Gasteiger partial charge in [0.1, 0.15) is 0 Å². The maximum Gasteiger partial charge on any atom is 0.253 e. The molecule has 2 N–H and O–H groups in total. The second-order valence-corrected chi connectivity index (χ2v) is 4.15. The molecule has 17 heavy (non-hydrogen) atoms. The molecular weight excluding hydrogens is 216 g/mol. The molecule has 1 aromatic carbocycles. The number of amides is 1. The van der Waals surface area contributed by atoms with Crippen LogP contribution in [-0.4, -0.2) is 38.1 Å². The number of nitrogens with zero attached hydrogens (tertiary/aromatic N) is 1. The third-order valence-electron chi connectivity index (χ3n) is 2.68. The summed E-state index contributed by atoms with van der Waals surface area (Å²) in [6.45, 7) is 3.25. The zero-order valence-corrected chi connectivity index (χ0v) is 10.7. The Kier molecular flexibility index (Phi) is 4.97. The van der Waals surface area contributed by atoms with Crippen molar-refractivity contribution in [3.63, 3.8) is 0 Å². The molecule has 0 saturated heterocycles. The van der Waals surface area contributed by atoms with Gasteiger partial charge in [0, 0.05) is 38.6 Å². The maximum absolute atomic E-state index is 12.1. The average Bonchev–Trinajstić information content (AvgIpc) is 2.31. The summed E-state index contributed by atoms with van der Waals surface area (Å²) in [6.07, 6.45) is 0.833. The van der Waals surface area contributed by atoms with E-state index < -0.39 is 0 Å². The standard InChI is InChI=1S/C13H20N2O2/c1-10-5-6-11(14)9-12(10)13(16)15(2)7-4-8-17-3/h5-6,9H,4,7-8,14H2,1-3H3. The number of ether oxygens (including phenoxy) is 1. The molecule has 94 valence electrons. The smallest absolute Gasteiger partial charge is 0.253 e. The number of carbonyl (C=O) groups is 1. The molecule has 0 fully saturated rings. The molecule has 1 aromatic rings. The summed E-state index contributed by atoms with van der Waals surface area (Å²) in [5, 5.41) is 0. The predicted molar refractivity (Wildman–Crippen MR) is 69.0 cm³/mol. The van der Waals surface area contributed by atoms with Gasteiger partial charge in [-0.25, -0.2) is 0 Å². The van der Waals surface area contributed by atoms with E-state index in [2.05, 4.69) is 0 Å². The highest BCUT2D eigenvalue weighted by atomic mass is 16.5. The van der Waals surface area contributed by atoms with Gasteiger partial charge in [-0.2, -0.15) is 0 Å². The molecule has 0 atom stereocenters. The second-order valence-electron chi connectivity index (χ2n) is 4.15. The van der Waals surface area contributed by atoms with Crippen molar-refractivity contribution in [1.82, 2.24) is 4.90 Å². The zero-order valence-electron chi connectivity index (χ0n) is 10.7. The molecule has 0 aliphatic heterocycles. The first-order chi connectivity index (χ1) is 8.06. The first-order valence-electron chi connectivity index (χ1n) is 5.66. The zero-order chi connectivity index (χ0) is 12.8. The van der Waals surface area contributed by atoms with E-state index in [9.17, 15) is 4.79 Å². The number of hydrogen-bond donors (Lipinski definition) is 1. The molecule has 0 bridgehead atoms. The lowest BCUT2D eigenvalue weighted by atomic mass is 10.1. The highest BCUT2D eigenvalue weighted by Gasteiger charge is 2.13. The number of nitrogen functional groups attached to an aromatic ring is 1. The van der Waals surface area contributed by atoms with Gasteiger partial charge < -0.3 is 15.4 Å². The molecule has 0 spiro atoms. The van der Waals surface area contributed by atoms with E-state index in [1.165, 1.54) is 0 Å². The van der Waals surface area contributed by atoms with E-state index in [0.717, 1.165) is 12.0 Å². The van der Waals surface area contributed by atoms with E-state index in [-0.39, 0.29) is 5.91 Å². The molecule has 4 heteroatoms. The predicted octanol–water partition coefficient (Wildman–Crippen LogP) is 1.69. The van der Waals surface area contributed by atoms with Crippen LogP contribution in [0.3, 0.4) is 0 Å². The number of aryl methyl sites for hydroxylation is 1. The van der Waals surface area contributed by atoms with Crippen LogP contribution >= 0.6 is 0 Å². The number of methoxy groups -OCH3 is 1. The summed E-state index contributed by atoms with van der Waals surface area (Å²) >= 11 is 0. The van der Waals surface area contributed by atoms with Crippen molar-refractivity contribution in [2.24, 2.45) is 0 Å². The van der Waals surface area contributed by atoms with Gasteiger partial charge in [0.25, 0.3) is 5.91 Å². The van der Waals surface area contributed by atoms with Crippen LogP contribution in [0.25, 0.3) is 0 Å². The Hall–Kier alpha value is -1.55. The molecule has 0 heterocycles. The highest BCUT2D eigenvalue weighted by Crippen LogP contribution is 2.14. The fraction of sp³-hybridized carbons (Fsp3) is 0.462. The minimum atomic E-state index is 0.00547. The molecule has 0 aromatic heterocycles. The molecule has 0 saturated carbocycles. The Morgan fingerprint density at radius 1 is 1.47 bits per heavy atom. The molecule has 0 aliphatic rings. The number of nitrogens with two attached hydrogens (primary N) is 1. The lowest BCUT2D eigenvalue weighted by Gasteiger charge is -2.18. The number of benzene rings is 1. The minimum Gasteiger partial charge on any atom is -0.399 e. The largest absolute Gasteiger partial charge is 0.399 e. The van der Waals surface area contributed by atoms with Crippen molar-refractivity contribution in [3.05, 3.63) is 29.3 Å². The van der Waals surface area contributed by atoms with Gasteiger partial charge in [0.2, 0.25) is 0 Å². The lowest BCUT2D eigenvalue weighted by Crippen LogP contribution is -2.29. The van der Waals surface area contributed by atoms with Gasteiger partial charge in [-0.05, 0) is 31.0 Å². The van der Waals surface area contributed by atoms with E-state index in [4.69, 9.17) is 10.5 Å². The SMILES string of the molecule is COCCCN(C)C(=O)c1cc(N)ccc1C. The van der Waals surface area contributed by atoms with Crippen LogP contribution in [0.5, 0.6) is 0 Å². The Labute approximate surface area is 102 Å². The molecule has 1 rings (SSSR count). The molecule has 0 radical (unpaired) electrons. The van der Waals surface area contributed by atoms with Crippen molar-refractivity contribution < 1.29 is 9.53 Å². The van der Waals surface area contributed by atoms with Crippen LogP contribution in [-0.2, 0) is 4.74 Å². The van der Waals surface area contributed by atoms with E-state index in [1.807, 2.05) is 13.0 Å². The van der Waals surface area contributed by atoms with Crippen LogP contribution in [0, 0.1) is 6.92 Å². The third-order valence-corrected chi connectivity index (χ3v) is 2.68. The summed E-state index contributed by atoms with van der Waals surface area (Å²) in [4.78, 5) is 13.8. The van der Waals surface area contributed by atoms with Crippen molar-refractivity contribution in [1.29, 1.82) is 0 Å². The number of carbonyl (C=O) groups excluding carboxylic acids is 1. The summed E-state index contributed by atoms with van der Waals surface area (Å²) in [7, 11) is 3.45. The van der Waals surface area contributed by atoms with E-state index >= 15 is 0 Å². The van der Waals surface area contributed by atoms with Gasteiger partial charge >= 0.3 is 0 Å². The highest BCUT2D eigenvalue weighted by molar-refractivity contribution is 5.96. The Morgan fingerprint density at radius 2 is 2.18 bits per heavy atom.